The maximum absolute atomic E-state index is 11.8. The number of hydrogen-bond acceptors (Lipinski definition) is 4. The topological polar surface area (TPSA) is 81.6 Å². The lowest BCUT2D eigenvalue weighted by Crippen LogP contribution is -2.13. The van der Waals surface area contributed by atoms with Crippen LogP contribution in [0.5, 0.6) is 0 Å². The van der Waals surface area contributed by atoms with Crippen LogP contribution in [0, 0.1) is 15.3 Å². The summed E-state index contributed by atoms with van der Waals surface area (Å²) in [7, 11) is 0. The minimum absolute atomic E-state index is 0.00796. The van der Waals surface area contributed by atoms with E-state index >= 15 is 0 Å². The molecule has 0 aliphatic heterocycles. The van der Waals surface area contributed by atoms with Crippen molar-refractivity contribution in [1.29, 1.82) is 0 Å². The first-order valence-electron chi connectivity index (χ1n) is 4.95. The van der Waals surface area contributed by atoms with Crippen molar-refractivity contribution in [3.05, 3.63) is 37.5 Å². The van der Waals surface area contributed by atoms with Gasteiger partial charge in [-0.1, -0.05) is 28.1 Å². The SMILES string of the molecule is CC(C)(C)N=[N+]([O-])c1cc([N+](=O)[O-])c(Cl)cc1Cl. The Balaban J connectivity index is 3.38. The van der Waals surface area contributed by atoms with Crippen LogP contribution >= 0.6 is 23.2 Å². The number of nitro groups is 1. The van der Waals surface area contributed by atoms with Crippen LogP contribution < -0.4 is 0 Å². The summed E-state index contributed by atoms with van der Waals surface area (Å²) in [4.78, 5) is 10.3. The molecule has 1 rings (SSSR count). The van der Waals surface area contributed by atoms with E-state index in [4.69, 9.17) is 23.2 Å². The first kappa shape index (κ1) is 14.7. The predicted molar refractivity (Wildman–Crippen MR) is 68.6 cm³/mol. The highest BCUT2D eigenvalue weighted by Crippen LogP contribution is 2.35. The number of halogens is 2. The van der Waals surface area contributed by atoms with E-state index in [9.17, 15) is 15.3 Å². The largest absolute Gasteiger partial charge is 0.594 e. The molecule has 18 heavy (non-hydrogen) atoms. The van der Waals surface area contributed by atoms with Crippen LogP contribution in [0.15, 0.2) is 17.2 Å². The van der Waals surface area contributed by atoms with Gasteiger partial charge in [-0.15, -0.1) is 0 Å². The summed E-state index contributed by atoms with van der Waals surface area (Å²) in [6.45, 7) is 5.16. The Hall–Kier alpha value is -1.40. The van der Waals surface area contributed by atoms with Gasteiger partial charge in [0, 0.05) is 0 Å². The van der Waals surface area contributed by atoms with Gasteiger partial charge in [-0.2, -0.15) is 0 Å². The van der Waals surface area contributed by atoms with Crippen LogP contribution in [-0.2, 0) is 0 Å². The number of nitrogens with zero attached hydrogens (tertiary/aromatic N) is 3. The molecular weight excluding hydrogens is 281 g/mol. The van der Waals surface area contributed by atoms with Crippen LogP contribution in [0.25, 0.3) is 0 Å². The lowest BCUT2D eigenvalue weighted by Gasteiger charge is -2.10. The normalized spacial score (nSPS) is 12.6. The van der Waals surface area contributed by atoms with Gasteiger partial charge in [-0.3, -0.25) is 10.1 Å². The lowest BCUT2D eigenvalue weighted by molar-refractivity contribution is -0.450. The summed E-state index contributed by atoms with van der Waals surface area (Å²) in [5.41, 5.74) is -1.12. The Morgan fingerprint density at radius 3 is 2.06 bits per heavy atom. The third-order valence-corrected chi connectivity index (χ3v) is 2.42. The van der Waals surface area contributed by atoms with Crippen LogP contribution in [0.2, 0.25) is 10.0 Å². The summed E-state index contributed by atoms with van der Waals surface area (Å²) in [6, 6.07) is 2.16. The molecule has 0 saturated heterocycles. The Labute approximate surface area is 114 Å². The van der Waals surface area contributed by atoms with Gasteiger partial charge in [0.15, 0.2) is 0 Å². The average Bonchev–Trinajstić information content (AvgIpc) is 2.13. The van der Waals surface area contributed by atoms with Crippen LogP contribution in [0.1, 0.15) is 20.8 Å². The number of azo groups is 1. The lowest BCUT2D eigenvalue weighted by atomic mass is 10.1. The summed E-state index contributed by atoms with van der Waals surface area (Å²) in [6.07, 6.45) is 0. The second-order valence-electron chi connectivity index (χ2n) is 4.56. The number of hydrogen-bond donors (Lipinski definition) is 0. The van der Waals surface area contributed by atoms with Gasteiger partial charge >= 0.3 is 0 Å². The second kappa shape index (κ2) is 5.07. The highest BCUT2D eigenvalue weighted by atomic mass is 35.5. The molecule has 0 amide bonds. The van der Waals surface area contributed by atoms with Gasteiger partial charge in [0.05, 0.1) is 11.0 Å². The summed E-state index contributed by atoms with van der Waals surface area (Å²) in [5, 5.41) is 26.2. The van der Waals surface area contributed by atoms with Crippen molar-refractivity contribution in [2.24, 2.45) is 5.11 Å². The molecule has 0 aliphatic rings. The average molecular weight is 292 g/mol. The van der Waals surface area contributed by atoms with Crippen LogP contribution in [0.4, 0.5) is 11.4 Å². The fourth-order valence-electron chi connectivity index (χ4n) is 1.14. The Morgan fingerprint density at radius 2 is 1.61 bits per heavy atom. The molecule has 6 nitrogen and oxygen atoms in total. The zero-order valence-corrected chi connectivity index (χ0v) is 11.5. The molecule has 0 radical (unpaired) electrons. The zero-order valence-electron chi connectivity index (χ0n) is 9.98. The third-order valence-electron chi connectivity index (χ3n) is 1.81. The molecular formula is C10H11Cl2N3O3. The molecule has 0 heterocycles. The Morgan fingerprint density at radius 1 is 1.11 bits per heavy atom. The maximum atomic E-state index is 11.8. The highest BCUT2D eigenvalue weighted by molar-refractivity contribution is 6.37. The fraction of sp³-hybridized carbons (Fsp3) is 0.400. The Bertz CT molecular complexity index is 524. The van der Waals surface area contributed by atoms with E-state index in [0.29, 0.717) is 0 Å². The molecule has 1 aromatic rings. The van der Waals surface area contributed by atoms with Crippen molar-refractivity contribution in [3.8, 4) is 0 Å². The second-order valence-corrected chi connectivity index (χ2v) is 5.37. The van der Waals surface area contributed by atoms with Gasteiger partial charge in [0.25, 0.3) is 11.4 Å². The molecule has 0 N–H and O–H groups in total. The molecule has 0 bridgehead atoms. The van der Waals surface area contributed by atoms with Crippen molar-refractivity contribution in [2.45, 2.75) is 26.3 Å². The van der Waals surface area contributed by atoms with Crippen molar-refractivity contribution in [1.82, 2.24) is 0 Å². The summed E-state index contributed by atoms with van der Waals surface area (Å²) >= 11 is 11.5. The van der Waals surface area contributed by atoms with Gasteiger partial charge in [-0.25, -0.2) is 0 Å². The number of rotatable bonds is 2. The Kier molecular flexibility index (Phi) is 4.13. The molecule has 0 spiro atoms. The third kappa shape index (κ3) is 3.54. The van der Waals surface area contributed by atoms with E-state index in [0.717, 1.165) is 12.1 Å². The quantitative estimate of drug-likeness (QED) is 0.353. The van der Waals surface area contributed by atoms with E-state index < -0.39 is 10.5 Å². The fourth-order valence-corrected chi connectivity index (χ4v) is 1.66. The van der Waals surface area contributed by atoms with E-state index in [2.05, 4.69) is 5.11 Å². The minimum Gasteiger partial charge on any atom is -0.594 e. The van der Waals surface area contributed by atoms with Gasteiger partial charge < -0.3 is 5.21 Å². The monoisotopic (exact) mass is 291 g/mol. The summed E-state index contributed by atoms with van der Waals surface area (Å²) < 4.78 is 0. The van der Waals surface area contributed by atoms with E-state index in [1.165, 1.54) is 0 Å². The maximum Gasteiger partial charge on any atom is 0.294 e. The molecule has 0 aliphatic carbocycles. The molecule has 0 saturated carbocycles. The predicted octanol–water partition coefficient (Wildman–Crippen LogP) is 4.29. The van der Waals surface area contributed by atoms with Crippen LogP contribution in [-0.4, -0.2) is 15.3 Å². The highest BCUT2D eigenvalue weighted by Gasteiger charge is 2.23. The molecule has 0 atom stereocenters. The van der Waals surface area contributed by atoms with Crippen molar-refractivity contribution >= 4 is 34.6 Å². The van der Waals surface area contributed by atoms with Crippen molar-refractivity contribution < 1.29 is 9.78 Å². The van der Waals surface area contributed by atoms with E-state index in [1.54, 1.807) is 20.8 Å². The van der Waals surface area contributed by atoms with E-state index in [-0.39, 0.29) is 26.3 Å². The smallest absolute Gasteiger partial charge is 0.294 e. The standard InChI is InChI=1S/C10H11Cl2N3O3/c1-10(2,3)13-14(16)8-5-9(15(17)18)7(12)4-6(8)11/h4-5H,1-3H3. The molecule has 98 valence electrons. The molecule has 1 aromatic carbocycles. The molecule has 8 heteroatoms. The van der Waals surface area contributed by atoms with Gasteiger partial charge in [0.1, 0.15) is 15.6 Å². The minimum atomic E-state index is -0.687. The number of nitro benzene ring substituents is 1. The molecule has 0 aromatic heterocycles. The van der Waals surface area contributed by atoms with Gasteiger partial charge in [0.2, 0.25) is 0 Å². The van der Waals surface area contributed by atoms with Crippen molar-refractivity contribution in [3.63, 3.8) is 0 Å². The molecule has 0 unspecified atom stereocenters. The van der Waals surface area contributed by atoms with Crippen LogP contribution in [0.3, 0.4) is 0 Å². The number of benzene rings is 1. The first-order valence-corrected chi connectivity index (χ1v) is 5.71. The van der Waals surface area contributed by atoms with Crippen molar-refractivity contribution in [2.75, 3.05) is 0 Å². The summed E-state index contributed by atoms with van der Waals surface area (Å²) in [5.74, 6) is 0. The van der Waals surface area contributed by atoms with Gasteiger partial charge in [-0.05, 0) is 32.0 Å². The molecule has 0 fully saturated rings. The zero-order chi connectivity index (χ0) is 14.1. The first-order chi connectivity index (χ1) is 8.11. The van der Waals surface area contributed by atoms with E-state index in [1.807, 2.05) is 0 Å².